The number of nitrogens with zero attached hydrogens (tertiary/aromatic N) is 2. The quantitative estimate of drug-likeness (QED) is 0.618. The van der Waals surface area contributed by atoms with Crippen molar-refractivity contribution >= 4 is 17.3 Å². The van der Waals surface area contributed by atoms with Gasteiger partial charge in [-0.3, -0.25) is 4.79 Å². The minimum atomic E-state index is 0.00932. The van der Waals surface area contributed by atoms with Gasteiger partial charge in [-0.2, -0.15) is 0 Å². The van der Waals surface area contributed by atoms with Crippen LogP contribution in [0, 0.1) is 0 Å². The lowest BCUT2D eigenvalue weighted by Gasteiger charge is -2.40. The molecule has 0 saturated carbocycles. The van der Waals surface area contributed by atoms with Crippen molar-refractivity contribution in [1.82, 2.24) is 15.1 Å². The fourth-order valence-electron chi connectivity index (χ4n) is 4.79. The molecule has 2 aliphatic heterocycles. The number of rotatable bonds is 8. The molecule has 31 heavy (non-hydrogen) atoms. The van der Waals surface area contributed by atoms with E-state index in [1.165, 1.54) is 58.3 Å². The Morgan fingerprint density at radius 1 is 0.839 bits per heavy atom. The summed E-state index contributed by atoms with van der Waals surface area (Å²) < 4.78 is 0. The van der Waals surface area contributed by atoms with Crippen LogP contribution in [-0.2, 0) is 0 Å². The highest BCUT2D eigenvalue weighted by Gasteiger charge is 2.25. The van der Waals surface area contributed by atoms with Gasteiger partial charge in [0.2, 0.25) is 0 Å². The molecule has 2 heterocycles. The third-order valence-electron chi connectivity index (χ3n) is 6.61. The molecule has 4 rings (SSSR count). The zero-order chi connectivity index (χ0) is 21.3. The van der Waals surface area contributed by atoms with Gasteiger partial charge in [0.25, 0.3) is 5.91 Å². The molecule has 5 heteroatoms. The van der Waals surface area contributed by atoms with Crippen LogP contribution in [0.25, 0.3) is 0 Å². The highest BCUT2D eigenvalue weighted by atomic mass is 16.1. The van der Waals surface area contributed by atoms with Crippen molar-refractivity contribution in [1.29, 1.82) is 0 Å². The molecule has 2 fully saturated rings. The second kappa shape index (κ2) is 11.3. The maximum atomic E-state index is 12.4. The molecular formula is C26H36N4O. The summed E-state index contributed by atoms with van der Waals surface area (Å²) in [7, 11) is 0. The van der Waals surface area contributed by atoms with Crippen LogP contribution in [0.5, 0.6) is 0 Å². The van der Waals surface area contributed by atoms with E-state index in [-0.39, 0.29) is 5.91 Å². The zero-order valence-corrected chi connectivity index (χ0v) is 18.6. The summed E-state index contributed by atoms with van der Waals surface area (Å²) in [5, 5.41) is 6.42. The number of hydrogen-bond acceptors (Lipinski definition) is 4. The van der Waals surface area contributed by atoms with E-state index in [9.17, 15) is 4.79 Å². The summed E-state index contributed by atoms with van der Waals surface area (Å²) in [6.45, 7) is 6.82. The Balaban J connectivity index is 1.12. The number of anilines is 2. The lowest BCUT2D eigenvalue weighted by atomic mass is 10.00. The second-order valence-electron chi connectivity index (χ2n) is 8.85. The first-order valence-electron chi connectivity index (χ1n) is 11.9. The van der Waals surface area contributed by atoms with Gasteiger partial charge in [-0.25, -0.2) is 0 Å². The van der Waals surface area contributed by atoms with Crippen molar-refractivity contribution in [2.45, 2.75) is 44.6 Å². The SMILES string of the molecule is O=C(NCCCN1CCC(N2CCCCC2)CC1)c1ccc(Nc2ccccc2)cc1. The van der Waals surface area contributed by atoms with Gasteiger partial charge in [0.05, 0.1) is 0 Å². The van der Waals surface area contributed by atoms with Crippen molar-refractivity contribution in [2.24, 2.45) is 0 Å². The molecule has 0 unspecified atom stereocenters. The summed E-state index contributed by atoms with van der Waals surface area (Å²) in [4.78, 5) is 17.7. The standard InChI is InChI=1S/C26H36N4O/c31-26(22-10-12-24(13-11-22)28-23-8-3-1-4-9-23)27-16-7-17-29-20-14-25(15-21-29)30-18-5-2-6-19-30/h1,3-4,8-13,25,28H,2,5-7,14-21H2,(H,27,31). The number of carbonyl (C=O) groups excluding carboxylic acids is 1. The monoisotopic (exact) mass is 420 g/mol. The number of piperidine rings is 2. The number of likely N-dealkylation sites (tertiary alicyclic amines) is 2. The van der Waals surface area contributed by atoms with Crippen molar-refractivity contribution in [3.05, 3.63) is 60.2 Å². The van der Waals surface area contributed by atoms with Crippen LogP contribution >= 0.6 is 0 Å². The van der Waals surface area contributed by atoms with E-state index in [1.807, 2.05) is 54.6 Å². The summed E-state index contributed by atoms with van der Waals surface area (Å²) in [6, 6.07) is 18.5. The molecule has 0 aliphatic carbocycles. The molecular weight excluding hydrogens is 384 g/mol. The molecule has 2 aromatic carbocycles. The predicted molar refractivity (Wildman–Crippen MR) is 128 cm³/mol. The second-order valence-corrected chi connectivity index (χ2v) is 8.85. The smallest absolute Gasteiger partial charge is 0.251 e. The van der Waals surface area contributed by atoms with Gasteiger partial charge in [0, 0.05) is 29.5 Å². The molecule has 0 spiro atoms. The topological polar surface area (TPSA) is 47.6 Å². The van der Waals surface area contributed by atoms with E-state index in [0.29, 0.717) is 5.56 Å². The Morgan fingerprint density at radius 3 is 2.23 bits per heavy atom. The van der Waals surface area contributed by atoms with E-state index in [0.717, 1.165) is 36.9 Å². The van der Waals surface area contributed by atoms with E-state index >= 15 is 0 Å². The molecule has 2 aromatic rings. The highest BCUT2D eigenvalue weighted by Crippen LogP contribution is 2.21. The Bertz CT molecular complexity index is 794. The van der Waals surface area contributed by atoms with Crippen LogP contribution in [0.1, 0.15) is 48.9 Å². The summed E-state index contributed by atoms with van der Waals surface area (Å²) in [5.74, 6) is 0.00932. The maximum absolute atomic E-state index is 12.4. The van der Waals surface area contributed by atoms with Crippen LogP contribution < -0.4 is 10.6 Å². The predicted octanol–water partition coefficient (Wildman–Crippen LogP) is 4.50. The average molecular weight is 421 g/mol. The van der Waals surface area contributed by atoms with Crippen molar-refractivity contribution in [2.75, 3.05) is 44.6 Å². The maximum Gasteiger partial charge on any atom is 0.251 e. The van der Waals surface area contributed by atoms with Gasteiger partial charge >= 0.3 is 0 Å². The van der Waals surface area contributed by atoms with Crippen LogP contribution in [-0.4, -0.2) is 61.0 Å². The Kier molecular flexibility index (Phi) is 7.97. The molecule has 0 bridgehead atoms. The number of para-hydroxylation sites is 1. The van der Waals surface area contributed by atoms with Gasteiger partial charge in [-0.05, 0) is 101 Å². The molecule has 0 radical (unpaired) electrons. The molecule has 2 saturated heterocycles. The Hall–Kier alpha value is -2.37. The molecule has 0 atom stereocenters. The van der Waals surface area contributed by atoms with Crippen molar-refractivity contribution in [3.8, 4) is 0 Å². The number of carbonyl (C=O) groups is 1. The first kappa shape index (κ1) is 21.8. The Morgan fingerprint density at radius 2 is 1.52 bits per heavy atom. The van der Waals surface area contributed by atoms with Gasteiger partial charge in [-0.1, -0.05) is 24.6 Å². The molecule has 5 nitrogen and oxygen atoms in total. The van der Waals surface area contributed by atoms with E-state index < -0.39 is 0 Å². The average Bonchev–Trinajstić information content (AvgIpc) is 2.84. The third-order valence-corrected chi connectivity index (χ3v) is 6.61. The molecule has 2 aliphatic rings. The minimum Gasteiger partial charge on any atom is -0.356 e. The summed E-state index contributed by atoms with van der Waals surface area (Å²) >= 11 is 0. The summed E-state index contributed by atoms with van der Waals surface area (Å²) in [6.07, 6.45) is 7.79. The fourth-order valence-corrected chi connectivity index (χ4v) is 4.79. The third kappa shape index (κ3) is 6.55. The van der Waals surface area contributed by atoms with E-state index in [4.69, 9.17) is 0 Å². The normalized spacial score (nSPS) is 18.6. The molecule has 0 aromatic heterocycles. The van der Waals surface area contributed by atoms with E-state index in [1.54, 1.807) is 0 Å². The van der Waals surface area contributed by atoms with Crippen LogP contribution in [0.2, 0.25) is 0 Å². The number of amides is 1. The number of nitrogens with one attached hydrogen (secondary N) is 2. The van der Waals surface area contributed by atoms with Gasteiger partial charge < -0.3 is 20.4 Å². The first-order chi connectivity index (χ1) is 15.3. The van der Waals surface area contributed by atoms with E-state index in [2.05, 4.69) is 20.4 Å². The first-order valence-corrected chi connectivity index (χ1v) is 11.9. The lowest BCUT2D eigenvalue weighted by Crippen LogP contribution is -2.47. The fraction of sp³-hybridized carbons (Fsp3) is 0.500. The van der Waals surface area contributed by atoms with Crippen LogP contribution in [0.15, 0.2) is 54.6 Å². The Labute approximate surface area is 186 Å². The number of hydrogen-bond donors (Lipinski definition) is 2. The summed E-state index contributed by atoms with van der Waals surface area (Å²) in [5.41, 5.74) is 2.73. The van der Waals surface area contributed by atoms with Gasteiger partial charge in [-0.15, -0.1) is 0 Å². The van der Waals surface area contributed by atoms with Crippen molar-refractivity contribution in [3.63, 3.8) is 0 Å². The molecule has 1 amide bonds. The van der Waals surface area contributed by atoms with Crippen LogP contribution in [0.4, 0.5) is 11.4 Å². The molecule has 166 valence electrons. The van der Waals surface area contributed by atoms with Gasteiger partial charge in [0.15, 0.2) is 0 Å². The number of benzene rings is 2. The lowest BCUT2D eigenvalue weighted by molar-refractivity contribution is 0.0903. The largest absolute Gasteiger partial charge is 0.356 e. The van der Waals surface area contributed by atoms with Crippen LogP contribution in [0.3, 0.4) is 0 Å². The van der Waals surface area contributed by atoms with Crippen molar-refractivity contribution < 1.29 is 4.79 Å². The minimum absolute atomic E-state index is 0.00932. The highest BCUT2D eigenvalue weighted by molar-refractivity contribution is 5.94. The van der Waals surface area contributed by atoms with Gasteiger partial charge in [0.1, 0.15) is 0 Å². The zero-order valence-electron chi connectivity index (χ0n) is 18.6. The molecule has 2 N–H and O–H groups in total.